The van der Waals surface area contributed by atoms with Gasteiger partial charge >= 0.3 is 0 Å². The molecule has 0 radical (unpaired) electrons. The molecule has 1 aromatic carbocycles. The Bertz CT molecular complexity index is 412. The summed E-state index contributed by atoms with van der Waals surface area (Å²) in [6.45, 7) is 0.551. The number of benzene rings is 1. The van der Waals surface area contributed by atoms with Crippen LogP contribution in [0.15, 0.2) is 12.1 Å². The van der Waals surface area contributed by atoms with Gasteiger partial charge in [-0.3, -0.25) is 4.79 Å². The molecular weight excluding hydrogens is 208 g/mol. The minimum atomic E-state index is 0.0620. The van der Waals surface area contributed by atoms with Crippen LogP contribution in [0.4, 0.5) is 0 Å². The molecule has 0 spiro atoms. The van der Waals surface area contributed by atoms with Crippen molar-refractivity contribution >= 4 is 5.78 Å². The Morgan fingerprint density at radius 2 is 2.06 bits per heavy atom. The Morgan fingerprint density at radius 3 is 2.75 bits per heavy atom. The second kappa shape index (κ2) is 4.43. The van der Waals surface area contributed by atoms with E-state index < -0.39 is 0 Å². The predicted octanol–water partition coefficient (Wildman–Crippen LogP) is 2.06. The molecule has 86 valence electrons. The van der Waals surface area contributed by atoms with E-state index in [-0.39, 0.29) is 5.78 Å². The zero-order chi connectivity index (χ0) is 11.5. The molecule has 0 aliphatic carbocycles. The summed E-state index contributed by atoms with van der Waals surface area (Å²) < 4.78 is 15.9. The smallest absolute Gasteiger partial charge is 0.170 e. The van der Waals surface area contributed by atoms with Crippen molar-refractivity contribution in [2.24, 2.45) is 0 Å². The highest BCUT2D eigenvalue weighted by Crippen LogP contribution is 2.36. The Labute approximate surface area is 94.1 Å². The van der Waals surface area contributed by atoms with Crippen LogP contribution in [0, 0.1) is 0 Å². The molecule has 1 aliphatic rings. The Kier molecular flexibility index (Phi) is 2.99. The number of Topliss-reactive ketones (excluding diaryl/α,β-unsaturated/α-hetero) is 1. The molecular formula is C12H14O4. The van der Waals surface area contributed by atoms with Gasteiger partial charge in [-0.1, -0.05) is 0 Å². The fourth-order valence-electron chi connectivity index (χ4n) is 1.77. The lowest BCUT2D eigenvalue weighted by atomic mass is 10.1. The molecule has 0 aromatic heterocycles. The van der Waals surface area contributed by atoms with Crippen LogP contribution in [0.25, 0.3) is 0 Å². The van der Waals surface area contributed by atoms with Crippen LogP contribution >= 0.6 is 0 Å². The Hall–Kier alpha value is -1.71. The third-order valence-corrected chi connectivity index (χ3v) is 2.58. The molecule has 2 rings (SSSR count). The van der Waals surface area contributed by atoms with E-state index in [9.17, 15) is 4.79 Å². The van der Waals surface area contributed by atoms with Crippen LogP contribution in [0.3, 0.4) is 0 Å². The van der Waals surface area contributed by atoms with Gasteiger partial charge in [0.1, 0.15) is 22.8 Å². The number of fused-ring (bicyclic) bond motifs is 1. The number of ether oxygens (including phenoxy) is 3. The summed E-state index contributed by atoms with van der Waals surface area (Å²) in [5.41, 5.74) is 0.529. The zero-order valence-corrected chi connectivity index (χ0v) is 9.41. The average molecular weight is 222 g/mol. The van der Waals surface area contributed by atoms with Crippen LogP contribution in [0.1, 0.15) is 23.2 Å². The lowest BCUT2D eigenvalue weighted by molar-refractivity contribution is 0.0980. The first-order valence-corrected chi connectivity index (χ1v) is 5.18. The van der Waals surface area contributed by atoms with Crippen LogP contribution < -0.4 is 14.2 Å². The van der Waals surface area contributed by atoms with Gasteiger partial charge < -0.3 is 14.2 Å². The van der Waals surface area contributed by atoms with E-state index in [1.807, 2.05) is 0 Å². The molecule has 1 aliphatic heterocycles. The maximum atomic E-state index is 11.9. The van der Waals surface area contributed by atoms with Gasteiger partial charge in [0.05, 0.1) is 20.8 Å². The van der Waals surface area contributed by atoms with Gasteiger partial charge in [0.25, 0.3) is 0 Å². The second-order valence-electron chi connectivity index (χ2n) is 3.58. The van der Waals surface area contributed by atoms with Crippen LogP contribution in [-0.2, 0) is 0 Å². The molecule has 0 fully saturated rings. The minimum Gasteiger partial charge on any atom is -0.496 e. The fraction of sp³-hybridized carbons (Fsp3) is 0.417. The topological polar surface area (TPSA) is 44.8 Å². The van der Waals surface area contributed by atoms with E-state index >= 15 is 0 Å². The van der Waals surface area contributed by atoms with Crippen molar-refractivity contribution in [1.29, 1.82) is 0 Å². The highest BCUT2D eigenvalue weighted by atomic mass is 16.5. The second-order valence-corrected chi connectivity index (χ2v) is 3.58. The van der Waals surface area contributed by atoms with Gasteiger partial charge in [0.2, 0.25) is 0 Å². The average Bonchev–Trinajstić information content (AvgIpc) is 2.50. The van der Waals surface area contributed by atoms with E-state index in [4.69, 9.17) is 14.2 Å². The molecule has 0 N–H and O–H groups in total. The van der Waals surface area contributed by atoms with Crippen molar-refractivity contribution in [2.45, 2.75) is 12.8 Å². The van der Waals surface area contributed by atoms with Crippen molar-refractivity contribution in [3.8, 4) is 17.2 Å². The zero-order valence-electron chi connectivity index (χ0n) is 9.41. The van der Waals surface area contributed by atoms with Crippen molar-refractivity contribution in [3.63, 3.8) is 0 Å². The minimum absolute atomic E-state index is 0.0620. The molecule has 0 saturated heterocycles. The number of methoxy groups -OCH3 is 2. The van der Waals surface area contributed by atoms with Gasteiger partial charge in [-0.2, -0.15) is 0 Å². The predicted molar refractivity (Wildman–Crippen MR) is 58.6 cm³/mol. The third kappa shape index (κ3) is 1.83. The van der Waals surface area contributed by atoms with E-state index in [0.29, 0.717) is 35.8 Å². The first-order valence-electron chi connectivity index (χ1n) is 5.18. The molecule has 16 heavy (non-hydrogen) atoms. The van der Waals surface area contributed by atoms with E-state index in [1.54, 1.807) is 19.2 Å². The summed E-state index contributed by atoms with van der Waals surface area (Å²) in [5.74, 6) is 1.76. The molecule has 0 unspecified atom stereocenters. The normalized spacial score (nSPS) is 14.8. The highest BCUT2D eigenvalue weighted by molar-refractivity contribution is 6.01. The van der Waals surface area contributed by atoms with Crippen molar-refractivity contribution in [3.05, 3.63) is 17.7 Å². The number of rotatable bonds is 2. The molecule has 1 aromatic rings. The van der Waals surface area contributed by atoms with E-state index in [2.05, 4.69) is 0 Å². The first kappa shape index (κ1) is 10.8. The molecule has 1 heterocycles. The summed E-state index contributed by atoms with van der Waals surface area (Å²) in [7, 11) is 3.10. The summed E-state index contributed by atoms with van der Waals surface area (Å²) in [6, 6.07) is 3.42. The number of hydrogen-bond acceptors (Lipinski definition) is 4. The number of ketones is 1. The SMILES string of the molecule is COc1cc(OC)c2c(c1)OCCCC2=O. The number of hydrogen-bond donors (Lipinski definition) is 0. The van der Waals surface area contributed by atoms with E-state index in [1.165, 1.54) is 7.11 Å². The van der Waals surface area contributed by atoms with Crippen molar-refractivity contribution in [1.82, 2.24) is 0 Å². The van der Waals surface area contributed by atoms with Crippen molar-refractivity contribution < 1.29 is 19.0 Å². The van der Waals surface area contributed by atoms with Gasteiger partial charge in [-0.25, -0.2) is 0 Å². The van der Waals surface area contributed by atoms with Crippen LogP contribution in [0.2, 0.25) is 0 Å². The number of carbonyl (C=O) groups excluding carboxylic acids is 1. The molecule has 0 saturated carbocycles. The van der Waals surface area contributed by atoms with Gasteiger partial charge in [0, 0.05) is 18.6 Å². The lowest BCUT2D eigenvalue weighted by Gasteiger charge is -2.12. The molecule has 0 bridgehead atoms. The third-order valence-electron chi connectivity index (χ3n) is 2.58. The lowest BCUT2D eigenvalue weighted by Crippen LogP contribution is -2.02. The van der Waals surface area contributed by atoms with Gasteiger partial charge in [0.15, 0.2) is 5.78 Å². The Balaban J connectivity index is 2.56. The van der Waals surface area contributed by atoms with Crippen LogP contribution in [-0.4, -0.2) is 26.6 Å². The fourth-order valence-corrected chi connectivity index (χ4v) is 1.77. The number of carbonyl (C=O) groups is 1. The van der Waals surface area contributed by atoms with Crippen LogP contribution in [0.5, 0.6) is 17.2 Å². The summed E-state index contributed by atoms with van der Waals surface area (Å²) in [6.07, 6.45) is 1.23. The first-order chi connectivity index (χ1) is 7.76. The summed E-state index contributed by atoms with van der Waals surface area (Å²) >= 11 is 0. The summed E-state index contributed by atoms with van der Waals surface area (Å²) in [5, 5.41) is 0. The Morgan fingerprint density at radius 1 is 1.25 bits per heavy atom. The monoisotopic (exact) mass is 222 g/mol. The molecule has 0 atom stereocenters. The molecule has 0 amide bonds. The quantitative estimate of drug-likeness (QED) is 0.768. The maximum Gasteiger partial charge on any atom is 0.170 e. The largest absolute Gasteiger partial charge is 0.496 e. The maximum absolute atomic E-state index is 11.9. The standard InChI is InChI=1S/C12H14O4/c1-14-8-6-10(15-2)12-9(13)4-3-5-16-11(12)7-8/h6-7H,3-5H2,1-2H3. The summed E-state index contributed by atoms with van der Waals surface area (Å²) in [4.78, 5) is 11.9. The molecule has 4 nitrogen and oxygen atoms in total. The van der Waals surface area contributed by atoms with Gasteiger partial charge in [-0.15, -0.1) is 0 Å². The molecule has 4 heteroatoms. The van der Waals surface area contributed by atoms with Crippen molar-refractivity contribution in [2.75, 3.05) is 20.8 Å². The van der Waals surface area contributed by atoms with E-state index in [0.717, 1.165) is 6.42 Å². The van der Waals surface area contributed by atoms with Gasteiger partial charge in [-0.05, 0) is 6.42 Å². The highest BCUT2D eigenvalue weighted by Gasteiger charge is 2.22.